The molecular formula is C68H62N8O8. The topological polar surface area (TPSA) is 220 Å². The zero-order valence-corrected chi connectivity index (χ0v) is 47.4. The molecule has 0 aliphatic carbocycles. The second-order valence-electron chi connectivity index (χ2n) is 20.7. The second kappa shape index (κ2) is 24.3. The van der Waals surface area contributed by atoms with Crippen molar-refractivity contribution in [1.29, 1.82) is 0 Å². The van der Waals surface area contributed by atoms with Gasteiger partial charge in [-0.1, -0.05) is 123 Å². The summed E-state index contributed by atoms with van der Waals surface area (Å²) in [6.07, 6.45) is 3.79. The third-order valence-corrected chi connectivity index (χ3v) is 15.0. The van der Waals surface area contributed by atoms with Crippen LogP contribution in [0.25, 0.3) is 89.2 Å². The van der Waals surface area contributed by atoms with Crippen LogP contribution in [0.15, 0.2) is 170 Å². The normalized spacial score (nSPS) is 11.2. The van der Waals surface area contributed by atoms with Crippen molar-refractivity contribution < 1.29 is 39.6 Å². The minimum atomic E-state index is -1.82. The summed E-state index contributed by atoms with van der Waals surface area (Å²) >= 11 is 0. The van der Waals surface area contributed by atoms with Gasteiger partial charge >= 0.3 is 23.9 Å². The number of carbonyl (C=O) groups is 4. The van der Waals surface area contributed by atoms with Gasteiger partial charge in [0.05, 0.1) is 55.3 Å². The van der Waals surface area contributed by atoms with Crippen LogP contribution in [0.3, 0.4) is 0 Å². The van der Waals surface area contributed by atoms with Gasteiger partial charge in [-0.15, -0.1) is 0 Å². The summed E-state index contributed by atoms with van der Waals surface area (Å²) in [4.78, 5) is 61.6. The number of nitrogens with zero attached hydrogens (tertiary/aromatic N) is 8. The zero-order valence-electron chi connectivity index (χ0n) is 47.4. The first-order chi connectivity index (χ1) is 40.5. The molecule has 0 amide bonds. The molecule has 0 aliphatic rings. The molecule has 12 rings (SSSR count). The fourth-order valence-corrected chi connectivity index (χ4v) is 10.9. The molecule has 0 fully saturated rings. The number of aromatic carboxylic acids is 2. The smallest absolute Gasteiger partial charge is 0.414 e. The minimum absolute atomic E-state index is 0.307. The Morgan fingerprint density at radius 3 is 1.12 bits per heavy atom. The van der Waals surface area contributed by atoms with Gasteiger partial charge in [-0.2, -0.15) is 0 Å². The van der Waals surface area contributed by atoms with Crippen LogP contribution in [0.4, 0.5) is 0 Å². The van der Waals surface area contributed by atoms with Crippen LogP contribution in [0.2, 0.25) is 0 Å². The van der Waals surface area contributed by atoms with E-state index in [2.05, 4.69) is 121 Å². The van der Waals surface area contributed by atoms with Crippen molar-refractivity contribution in [3.8, 4) is 45.0 Å². The van der Waals surface area contributed by atoms with Crippen molar-refractivity contribution in [1.82, 2.24) is 38.2 Å². The third-order valence-electron chi connectivity index (χ3n) is 15.0. The number of carboxylic acid groups (broad SMARTS) is 4. The van der Waals surface area contributed by atoms with Gasteiger partial charge in [-0.3, -0.25) is 0 Å². The molecule has 16 heteroatoms. The highest BCUT2D eigenvalue weighted by Crippen LogP contribution is 2.34. The maximum Gasteiger partial charge on any atom is 0.414 e. The number of aromatic nitrogens is 8. The highest BCUT2D eigenvalue weighted by Gasteiger charge is 2.21. The Morgan fingerprint density at radius 1 is 0.417 bits per heavy atom. The molecule has 16 nitrogen and oxygen atoms in total. The fourth-order valence-electron chi connectivity index (χ4n) is 10.9. The number of fused-ring (bicyclic) bond motifs is 4. The summed E-state index contributed by atoms with van der Waals surface area (Å²) in [7, 11) is 4.13. The summed E-state index contributed by atoms with van der Waals surface area (Å²) in [5, 5.41) is 34.0. The molecule has 4 heterocycles. The lowest BCUT2D eigenvalue weighted by Gasteiger charge is -2.12. The molecule has 12 aromatic rings. The monoisotopic (exact) mass is 1120 g/mol. The van der Waals surface area contributed by atoms with E-state index >= 15 is 0 Å². The Labute approximate surface area is 484 Å². The van der Waals surface area contributed by atoms with Crippen LogP contribution in [0.5, 0.6) is 0 Å². The highest BCUT2D eigenvalue weighted by molar-refractivity contribution is 6.27. The Balaban J connectivity index is 0.000000171. The van der Waals surface area contributed by atoms with Gasteiger partial charge in [0.1, 0.15) is 23.3 Å². The molecule has 0 spiro atoms. The molecule has 8 aromatic carbocycles. The SMILES string of the molecule is CCCc1nc2c(C)cc(-c3nc4ccccc4n3C)cc2n1Cc1ccc(-c2ccccc2C(=O)O)cc1.CCCc1nc2c(C)cc(-c3nc4ccccc4n3C)cc2n1Cc1ccc(-c2ccccc2C(=O)O)cc1.O=C(O)C(=O)O. The van der Waals surface area contributed by atoms with Gasteiger partial charge in [-0.25, -0.2) is 39.1 Å². The summed E-state index contributed by atoms with van der Waals surface area (Å²) < 4.78 is 8.94. The highest BCUT2D eigenvalue weighted by atomic mass is 16.4. The maximum absolute atomic E-state index is 11.7. The molecule has 0 atom stereocenters. The van der Waals surface area contributed by atoms with Crippen LogP contribution >= 0.6 is 0 Å². The van der Waals surface area contributed by atoms with Gasteiger partial charge in [0.25, 0.3) is 0 Å². The van der Waals surface area contributed by atoms with E-state index < -0.39 is 23.9 Å². The van der Waals surface area contributed by atoms with Gasteiger partial charge in [0, 0.05) is 51.2 Å². The van der Waals surface area contributed by atoms with Crippen molar-refractivity contribution in [2.75, 3.05) is 0 Å². The molecule has 0 radical (unpaired) electrons. The van der Waals surface area contributed by atoms with Crippen LogP contribution in [-0.4, -0.2) is 82.5 Å². The number of para-hydroxylation sites is 4. The first-order valence-electron chi connectivity index (χ1n) is 27.7. The van der Waals surface area contributed by atoms with Gasteiger partial charge < -0.3 is 38.7 Å². The van der Waals surface area contributed by atoms with Crippen LogP contribution in [0, 0.1) is 13.8 Å². The van der Waals surface area contributed by atoms with Crippen LogP contribution < -0.4 is 0 Å². The van der Waals surface area contributed by atoms with Crippen molar-refractivity contribution >= 4 is 68.0 Å². The number of aliphatic carboxylic acids is 2. The zero-order chi connectivity index (χ0) is 59.3. The predicted octanol–water partition coefficient (Wildman–Crippen LogP) is 13.7. The molecule has 0 aliphatic heterocycles. The van der Waals surface area contributed by atoms with Gasteiger partial charge in [-0.05, 0) is 132 Å². The number of hydrogen-bond donors (Lipinski definition) is 4. The Kier molecular flexibility index (Phi) is 16.4. The summed E-state index contributed by atoms with van der Waals surface area (Å²) in [6, 6.07) is 55.8. The first kappa shape index (κ1) is 56.8. The molecule has 84 heavy (non-hydrogen) atoms. The summed E-state index contributed by atoms with van der Waals surface area (Å²) in [5.74, 6) is -1.48. The van der Waals surface area contributed by atoms with E-state index in [0.717, 1.165) is 149 Å². The Hall–Kier alpha value is -10.5. The van der Waals surface area contributed by atoms with E-state index in [9.17, 15) is 19.8 Å². The molecule has 0 saturated carbocycles. The molecular weight excluding hydrogens is 1060 g/mol. The molecule has 4 aromatic heterocycles. The first-order valence-corrected chi connectivity index (χ1v) is 27.7. The number of hydrogen-bond acceptors (Lipinski definition) is 8. The Morgan fingerprint density at radius 2 is 0.774 bits per heavy atom. The van der Waals surface area contributed by atoms with E-state index in [1.807, 2.05) is 84.9 Å². The molecule has 4 N–H and O–H groups in total. The number of aryl methyl sites for hydroxylation is 6. The molecule has 422 valence electrons. The van der Waals surface area contributed by atoms with Gasteiger partial charge in [0.2, 0.25) is 0 Å². The van der Waals surface area contributed by atoms with E-state index in [0.29, 0.717) is 24.2 Å². The number of imidazole rings is 4. The van der Waals surface area contributed by atoms with Crippen LogP contribution in [0.1, 0.15) is 81.3 Å². The van der Waals surface area contributed by atoms with Crippen molar-refractivity contribution in [3.63, 3.8) is 0 Å². The lowest BCUT2D eigenvalue weighted by molar-refractivity contribution is -0.159. The average Bonchev–Trinajstić information content (AvgIpc) is 2.60. The fraction of sp³-hybridized carbons (Fsp3) is 0.176. The van der Waals surface area contributed by atoms with E-state index in [1.54, 1.807) is 24.3 Å². The standard InChI is InChI=1S/2C33H30N4O2.C2H2O4/c2*1-4-9-30-35-31-21(2)18-24(32-34-27-12-7-8-13-28(27)36(32)3)19-29(31)37(30)20-22-14-16-23(17-15-22)25-10-5-6-11-26(25)33(38)39;3-1(4)2(5)6/h2*5-8,10-19H,4,9,20H2,1-3H3,(H,38,39);(H,3,4)(H,5,6). The Bertz CT molecular complexity index is 4190. The molecule has 0 saturated heterocycles. The summed E-state index contributed by atoms with van der Waals surface area (Å²) in [5.41, 5.74) is 18.9. The average molecular weight is 1120 g/mol. The molecule has 0 bridgehead atoms. The van der Waals surface area contributed by atoms with Crippen molar-refractivity contribution in [2.24, 2.45) is 14.1 Å². The molecule has 0 unspecified atom stereocenters. The minimum Gasteiger partial charge on any atom is -0.478 e. The number of benzene rings is 8. The lowest BCUT2D eigenvalue weighted by Crippen LogP contribution is -2.09. The second-order valence-corrected chi connectivity index (χ2v) is 20.7. The summed E-state index contributed by atoms with van der Waals surface area (Å²) in [6.45, 7) is 9.95. The number of carboxylic acids is 4. The lowest BCUT2D eigenvalue weighted by atomic mass is 9.98. The number of rotatable bonds is 14. The van der Waals surface area contributed by atoms with Gasteiger partial charge in [0.15, 0.2) is 0 Å². The van der Waals surface area contributed by atoms with E-state index in [1.165, 1.54) is 0 Å². The van der Waals surface area contributed by atoms with Crippen molar-refractivity contribution in [3.05, 3.63) is 215 Å². The quantitative estimate of drug-likeness (QED) is 0.0747. The predicted molar refractivity (Wildman–Crippen MR) is 327 cm³/mol. The van der Waals surface area contributed by atoms with Crippen molar-refractivity contribution in [2.45, 2.75) is 66.5 Å². The van der Waals surface area contributed by atoms with E-state index in [-0.39, 0.29) is 0 Å². The third kappa shape index (κ3) is 11.5. The van der Waals surface area contributed by atoms with Crippen LogP contribution in [-0.2, 0) is 49.6 Å². The van der Waals surface area contributed by atoms with E-state index in [4.69, 9.17) is 39.7 Å². The maximum atomic E-state index is 11.7. The largest absolute Gasteiger partial charge is 0.478 e.